The lowest BCUT2D eigenvalue weighted by atomic mass is 9.98. The molecule has 1 aromatic carbocycles. The number of fused-ring (bicyclic) bond motifs is 1. The number of carbonyl (C=O) groups is 1. The zero-order valence-corrected chi connectivity index (χ0v) is 11.3. The van der Waals surface area contributed by atoms with Crippen molar-refractivity contribution < 1.29 is 9.53 Å². The molecule has 2 N–H and O–H groups in total. The number of hydrogen-bond acceptors (Lipinski definition) is 3. The first-order valence-corrected chi connectivity index (χ1v) is 7.08. The molecular formula is C16H18N2O2. The molecule has 0 bridgehead atoms. The Morgan fingerprint density at radius 3 is 2.75 bits per heavy atom. The Morgan fingerprint density at radius 2 is 2.00 bits per heavy atom. The maximum Gasteiger partial charge on any atom is 0.250 e. The van der Waals surface area contributed by atoms with Gasteiger partial charge in [-0.25, -0.2) is 0 Å². The minimum absolute atomic E-state index is 0.313. The molecule has 3 rings (SSSR count). The summed E-state index contributed by atoms with van der Waals surface area (Å²) in [5.74, 6) is 0.380. The summed E-state index contributed by atoms with van der Waals surface area (Å²) in [4.78, 5) is 15.4. The minimum atomic E-state index is -0.460. The van der Waals surface area contributed by atoms with Gasteiger partial charge in [-0.1, -0.05) is 6.42 Å². The highest BCUT2D eigenvalue weighted by Crippen LogP contribution is 2.26. The van der Waals surface area contributed by atoms with Crippen LogP contribution in [-0.2, 0) is 0 Å². The molecule has 0 radical (unpaired) electrons. The van der Waals surface area contributed by atoms with E-state index < -0.39 is 5.91 Å². The minimum Gasteiger partial charge on any atom is -0.490 e. The predicted molar refractivity (Wildman–Crippen MR) is 77.8 cm³/mol. The van der Waals surface area contributed by atoms with Gasteiger partial charge in [0.1, 0.15) is 5.75 Å². The zero-order valence-electron chi connectivity index (χ0n) is 11.3. The Balaban J connectivity index is 1.86. The first kappa shape index (κ1) is 12.9. The van der Waals surface area contributed by atoms with Crippen LogP contribution in [0.5, 0.6) is 5.75 Å². The number of primary amides is 1. The third kappa shape index (κ3) is 2.74. The van der Waals surface area contributed by atoms with E-state index in [-0.39, 0.29) is 0 Å². The molecule has 1 aromatic heterocycles. The van der Waals surface area contributed by atoms with E-state index in [9.17, 15) is 4.79 Å². The predicted octanol–water partition coefficient (Wildman–Crippen LogP) is 3.05. The van der Waals surface area contributed by atoms with Crippen molar-refractivity contribution in [3.05, 3.63) is 36.0 Å². The second-order valence-corrected chi connectivity index (χ2v) is 5.32. The van der Waals surface area contributed by atoms with Gasteiger partial charge in [-0.3, -0.25) is 9.78 Å². The number of ether oxygens (including phenoxy) is 1. The zero-order chi connectivity index (χ0) is 13.9. The number of nitrogens with zero attached hydrogens (tertiary/aromatic N) is 1. The number of benzene rings is 1. The topological polar surface area (TPSA) is 65.2 Å². The molecule has 1 amide bonds. The molecule has 0 spiro atoms. The molecular weight excluding hydrogens is 252 g/mol. The first-order chi connectivity index (χ1) is 9.72. The quantitative estimate of drug-likeness (QED) is 0.932. The van der Waals surface area contributed by atoms with Crippen LogP contribution in [0.4, 0.5) is 0 Å². The molecule has 0 unspecified atom stereocenters. The van der Waals surface area contributed by atoms with Crippen LogP contribution in [0.15, 0.2) is 30.5 Å². The van der Waals surface area contributed by atoms with Gasteiger partial charge in [0.15, 0.2) is 0 Å². The van der Waals surface area contributed by atoms with Gasteiger partial charge in [0.2, 0.25) is 5.91 Å². The normalized spacial score (nSPS) is 16.2. The van der Waals surface area contributed by atoms with Crippen LogP contribution >= 0.6 is 0 Å². The second kappa shape index (κ2) is 5.49. The smallest absolute Gasteiger partial charge is 0.250 e. The summed E-state index contributed by atoms with van der Waals surface area (Å²) < 4.78 is 6.02. The fourth-order valence-electron chi connectivity index (χ4n) is 2.69. The van der Waals surface area contributed by atoms with Crippen molar-refractivity contribution in [2.75, 3.05) is 0 Å². The Kier molecular flexibility index (Phi) is 3.54. The maximum absolute atomic E-state index is 11.2. The summed E-state index contributed by atoms with van der Waals surface area (Å²) >= 11 is 0. The molecule has 2 aromatic rings. The highest BCUT2D eigenvalue weighted by molar-refractivity contribution is 5.96. The van der Waals surface area contributed by atoms with Crippen molar-refractivity contribution in [1.82, 2.24) is 4.98 Å². The summed E-state index contributed by atoms with van der Waals surface area (Å²) in [5.41, 5.74) is 6.54. The third-order valence-electron chi connectivity index (χ3n) is 3.79. The third-order valence-corrected chi connectivity index (χ3v) is 3.79. The number of aromatic nitrogens is 1. The van der Waals surface area contributed by atoms with Crippen molar-refractivity contribution in [2.45, 2.75) is 38.2 Å². The number of nitrogens with two attached hydrogens (primary N) is 1. The van der Waals surface area contributed by atoms with E-state index >= 15 is 0 Å². The van der Waals surface area contributed by atoms with Crippen LogP contribution in [0.3, 0.4) is 0 Å². The summed E-state index contributed by atoms with van der Waals surface area (Å²) in [6.07, 6.45) is 7.86. The SMILES string of the molecule is NC(=O)c1cnc2ccc(OC3CCCCC3)cc2c1. The molecule has 1 heterocycles. The van der Waals surface area contributed by atoms with Crippen LogP contribution in [0.25, 0.3) is 10.9 Å². The van der Waals surface area contributed by atoms with E-state index in [1.807, 2.05) is 18.2 Å². The van der Waals surface area contributed by atoms with E-state index in [0.29, 0.717) is 11.7 Å². The van der Waals surface area contributed by atoms with Gasteiger partial charge in [-0.15, -0.1) is 0 Å². The van der Waals surface area contributed by atoms with Crippen molar-refractivity contribution in [1.29, 1.82) is 0 Å². The highest BCUT2D eigenvalue weighted by Gasteiger charge is 2.15. The number of amides is 1. The Labute approximate surface area is 117 Å². The summed E-state index contributed by atoms with van der Waals surface area (Å²) in [6, 6.07) is 7.55. The molecule has 0 atom stereocenters. The number of pyridine rings is 1. The van der Waals surface area contributed by atoms with E-state index in [1.54, 1.807) is 6.07 Å². The number of hydrogen-bond donors (Lipinski definition) is 1. The summed E-state index contributed by atoms with van der Waals surface area (Å²) in [6.45, 7) is 0. The lowest BCUT2D eigenvalue weighted by Crippen LogP contribution is -2.19. The molecule has 20 heavy (non-hydrogen) atoms. The molecule has 1 aliphatic carbocycles. The standard InChI is InChI=1S/C16H18N2O2/c17-16(19)12-8-11-9-14(6-7-15(11)18-10-12)20-13-4-2-1-3-5-13/h6-10,13H,1-5H2,(H2,17,19). The van der Waals surface area contributed by atoms with Gasteiger partial charge in [-0.05, 0) is 49.9 Å². The van der Waals surface area contributed by atoms with Gasteiger partial charge in [0, 0.05) is 11.6 Å². The Hall–Kier alpha value is -2.10. The molecule has 0 aliphatic heterocycles. The van der Waals surface area contributed by atoms with Crippen LogP contribution in [-0.4, -0.2) is 17.0 Å². The highest BCUT2D eigenvalue weighted by atomic mass is 16.5. The van der Waals surface area contributed by atoms with Crippen molar-refractivity contribution in [3.63, 3.8) is 0 Å². The van der Waals surface area contributed by atoms with Gasteiger partial charge < -0.3 is 10.5 Å². The molecule has 0 saturated heterocycles. The van der Waals surface area contributed by atoms with Gasteiger partial charge in [-0.2, -0.15) is 0 Å². The largest absolute Gasteiger partial charge is 0.490 e. The lowest BCUT2D eigenvalue weighted by molar-refractivity contribution is 0.1000. The maximum atomic E-state index is 11.2. The van der Waals surface area contributed by atoms with Crippen molar-refractivity contribution >= 4 is 16.8 Å². The van der Waals surface area contributed by atoms with Crippen LogP contribution in [0, 0.1) is 0 Å². The van der Waals surface area contributed by atoms with Gasteiger partial charge in [0.25, 0.3) is 0 Å². The molecule has 1 fully saturated rings. The average Bonchev–Trinajstić information content (AvgIpc) is 2.47. The molecule has 1 aliphatic rings. The fraction of sp³-hybridized carbons (Fsp3) is 0.375. The van der Waals surface area contributed by atoms with Gasteiger partial charge in [0.05, 0.1) is 17.2 Å². The fourth-order valence-corrected chi connectivity index (χ4v) is 2.69. The van der Waals surface area contributed by atoms with Crippen molar-refractivity contribution in [2.24, 2.45) is 5.73 Å². The second-order valence-electron chi connectivity index (χ2n) is 5.32. The summed E-state index contributed by atoms with van der Waals surface area (Å²) in [7, 11) is 0. The number of carbonyl (C=O) groups excluding carboxylic acids is 1. The Morgan fingerprint density at radius 1 is 1.20 bits per heavy atom. The molecule has 104 valence electrons. The van der Waals surface area contributed by atoms with Crippen LogP contribution < -0.4 is 10.5 Å². The molecule has 4 heteroatoms. The van der Waals surface area contributed by atoms with Crippen molar-refractivity contribution in [3.8, 4) is 5.75 Å². The lowest BCUT2D eigenvalue weighted by Gasteiger charge is -2.23. The molecule has 1 saturated carbocycles. The number of rotatable bonds is 3. The van der Waals surface area contributed by atoms with E-state index in [4.69, 9.17) is 10.5 Å². The monoisotopic (exact) mass is 270 g/mol. The van der Waals surface area contributed by atoms with Crippen LogP contribution in [0.1, 0.15) is 42.5 Å². The average molecular weight is 270 g/mol. The van der Waals surface area contributed by atoms with Crippen LogP contribution in [0.2, 0.25) is 0 Å². The summed E-state index contributed by atoms with van der Waals surface area (Å²) in [5, 5.41) is 0.884. The van der Waals surface area contributed by atoms with E-state index in [0.717, 1.165) is 29.5 Å². The Bertz CT molecular complexity index is 633. The molecule has 4 nitrogen and oxygen atoms in total. The van der Waals surface area contributed by atoms with E-state index in [1.165, 1.54) is 25.5 Å². The first-order valence-electron chi connectivity index (χ1n) is 7.08. The van der Waals surface area contributed by atoms with E-state index in [2.05, 4.69) is 4.98 Å². The van der Waals surface area contributed by atoms with Gasteiger partial charge >= 0.3 is 0 Å².